The number of hydrazone groups is 1. The first-order valence-corrected chi connectivity index (χ1v) is 11.3. The lowest BCUT2D eigenvalue weighted by atomic mass is 9.82. The van der Waals surface area contributed by atoms with Crippen LogP contribution in [0.25, 0.3) is 0 Å². The van der Waals surface area contributed by atoms with Crippen molar-refractivity contribution in [1.29, 1.82) is 5.26 Å². The van der Waals surface area contributed by atoms with Crippen LogP contribution in [-0.4, -0.2) is 59.0 Å². The van der Waals surface area contributed by atoms with Gasteiger partial charge in [-0.25, -0.2) is 10.2 Å². The first-order chi connectivity index (χ1) is 15.8. The van der Waals surface area contributed by atoms with Crippen molar-refractivity contribution >= 4 is 33.6 Å². The molecule has 1 aromatic heterocycles. The molecule has 2 aliphatic heterocycles. The van der Waals surface area contributed by atoms with E-state index in [0.717, 1.165) is 5.56 Å². The third kappa shape index (κ3) is 4.91. The molecule has 1 spiro atoms. The summed E-state index contributed by atoms with van der Waals surface area (Å²) >= 11 is 3.51. The van der Waals surface area contributed by atoms with E-state index in [1.807, 2.05) is 6.92 Å². The monoisotopic (exact) mass is 514 g/mol. The van der Waals surface area contributed by atoms with Crippen LogP contribution in [0.15, 0.2) is 38.4 Å². The summed E-state index contributed by atoms with van der Waals surface area (Å²) in [6, 6.07) is 8.82. The maximum Gasteiger partial charge on any atom is 0.428 e. The van der Waals surface area contributed by atoms with Gasteiger partial charge in [-0.1, -0.05) is 27.2 Å². The Morgan fingerprint density at radius 1 is 1.39 bits per heavy atom. The molecule has 172 valence electrons. The van der Waals surface area contributed by atoms with Gasteiger partial charge in [-0.2, -0.15) is 10.4 Å². The minimum atomic E-state index is -0.862. The van der Waals surface area contributed by atoms with Crippen LogP contribution < -0.4 is 10.7 Å². The number of nitriles is 1. The molecule has 1 atom stereocenters. The quantitative estimate of drug-likeness (QED) is 0.626. The molecule has 0 aliphatic carbocycles. The van der Waals surface area contributed by atoms with Gasteiger partial charge in [-0.15, -0.1) is 0 Å². The molecule has 1 saturated heterocycles. The summed E-state index contributed by atoms with van der Waals surface area (Å²) in [5.41, 5.74) is 4.11. The van der Waals surface area contributed by atoms with Gasteiger partial charge in [-0.3, -0.25) is 4.79 Å². The highest BCUT2D eigenvalue weighted by Gasteiger charge is 2.46. The number of ether oxygens (including phenoxy) is 1. The number of aromatic nitrogens is 1. The number of rotatable bonds is 5. The van der Waals surface area contributed by atoms with Crippen molar-refractivity contribution in [2.24, 2.45) is 5.10 Å². The lowest BCUT2D eigenvalue weighted by molar-refractivity contribution is 0.00483. The third-order valence-corrected chi connectivity index (χ3v) is 6.41. The van der Waals surface area contributed by atoms with E-state index >= 15 is 0 Å². The fourth-order valence-corrected chi connectivity index (χ4v) is 4.74. The van der Waals surface area contributed by atoms with Gasteiger partial charge in [0.15, 0.2) is 5.60 Å². The highest BCUT2D eigenvalue weighted by Crippen LogP contribution is 2.35. The number of likely N-dealkylation sites (tertiary alicyclic amines) is 1. The first-order valence-electron chi connectivity index (χ1n) is 10.5. The SMILES string of the molecule is Cc1cc(C(=O)N[C@@H](C)CN2CCC3(CC2)OC(=O)NN=C3c2ccc(C#N)cc2Br)on1. The minimum absolute atomic E-state index is 0.117. The van der Waals surface area contributed by atoms with E-state index in [1.54, 1.807) is 31.2 Å². The highest BCUT2D eigenvalue weighted by atomic mass is 79.9. The number of halogens is 1. The van der Waals surface area contributed by atoms with E-state index in [-0.39, 0.29) is 17.7 Å². The third-order valence-electron chi connectivity index (χ3n) is 5.76. The molecule has 1 aromatic carbocycles. The van der Waals surface area contributed by atoms with E-state index < -0.39 is 11.7 Å². The molecule has 0 saturated carbocycles. The number of nitrogens with zero attached hydrogens (tertiary/aromatic N) is 4. The van der Waals surface area contributed by atoms with Crippen LogP contribution in [0.2, 0.25) is 0 Å². The Morgan fingerprint density at radius 2 is 2.15 bits per heavy atom. The Labute approximate surface area is 199 Å². The lowest BCUT2D eigenvalue weighted by Crippen LogP contribution is -2.57. The van der Waals surface area contributed by atoms with E-state index in [9.17, 15) is 9.59 Å². The number of aryl methyl sites for hydroxylation is 1. The number of carbonyl (C=O) groups is 2. The van der Waals surface area contributed by atoms with Crippen LogP contribution in [0.5, 0.6) is 0 Å². The zero-order valence-electron chi connectivity index (χ0n) is 18.2. The molecular weight excluding hydrogens is 492 g/mol. The number of amides is 2. The summed E-state index contributed by atoms with van der Waals surface area (Å²) in [5.74, 6) is -0.114. The smallest absolute Gasteiger partial charge is 0.428 e. The van der Waals surface area contributed by atoms with Crippen molar-refractivity contribution in [3.8, 4) is 6.07 Å². The summed E-state index contributed by atoms with van der Waals surface area (Å²) in [7, 11) is 0. The Bertz CT molecular complexity index is 1150. The summed E-state index contributed by atoms with van der Waals surface area (Å²) in [6.07, 6.45) is 0.515. The number of benzene rings is 1. The normalized spacial score (nSPS) is 18.6. The molecule has 0 unspecified atom stereocenters. The van der Waals surface area contributed by atoms with Gasteiger partial charge < -0.3 is 19.5 Å². The topological polar surface area (TPSA) is 133 Å². The largest absolute Gasteiger partial charge is 0.435 e. The Balaban J connectivity index is 1.42. The molecule has 11 heteroatoms. The highest BCUT2D eigenvalue weighted by molar-refractivity contribution is 9.10. The second-order valence-electron chi connectivity index (χ2n) is 8.27. The molecule has 1 fully saturated rings. The van der Waals surface area contributed by atoms with E-state index in [0.29, 0.717) is 53.9 Å². The number of hydrogen-bond donors (Lipinski definition) is 2. The molecule has 10 nitrogen and oxygen atoms in total. The Hall–Kier alpha value is -3.23. The maximum absolute atomic E-state index is 12.3. The number of nitrogens with one attached hydrogen (secondary N) is 2. The second-order valence-corrected chi connectivity index (χ2v) is 9.12. The second kappa shape index (κ2) is 9.33. The summed E-state index contributed by atoms with van der Waals surface area (Å²) in [4.78, 5) is 26.6. The average Bonchev–Trinajstić information content (AvgIpc) is 3.22. The van der Waals surface area contributed by atoms with Crippen LogP contribution in [0.3, 0.4) is 0 Å². The summed E-state index contributed by atoms with van der Waals surface area (Å²) in [5, 5.41) is 20.1. The molecule has 33 heavy (non-hydrogen) atoms. The standard InChI is InChI=1S/C22H23BrN6O4/c1-13-9-18(33-28-13)20(30)25-14(2)12-29-7-5-22(6-8-29)19(26-27-21(31)32-22)16-4-3-15(11-24)10-17(16)23/h3-4,9-10,14H,5-8,12H2,1-2H3,(H,25,30)(H,27,31)/t14-/m0/s1. The van der Waals surface area contributed by atoms with Gasteiger partial charge in [0.2, 0.25) is 5.76 Å². The van der Waals surface area contributed by atoms with Crippen molar-refractivity contribution in [1.82, 2.24) is 20.8 Å². The zero-order valence-corrected chi connectivity index (χ0v) is 19.8. The van der Waals surface area contributed by atoms with Crippen LogP contribution in [0.1, 0.15) is 47.1 Å². The molecule has 4 rings (SSSR count). The summed E-state index contributed by atoms with van der Waals surface area (Å²) in [6.45, 7) is 5.63. The molecule has 0 bridgehead atoms. The van der Waals surface area contributed by atoms with Gasteiger partial charge in [0.1, 0.15) is 5.71 Å². The van der Waals surface area contributed by atoms with Gasteiger partial charge in [-0.05, 0) is 26.0 Å². The van der Waals surface area contributed by atoms with Crippen LogP contribution in [-0.2, 0) is 4.74 Å². The van der Waals surface area contributed by atoms with Crippen molar-refractivity contribution in [3.05, 3.63) is 51.3 Å². The number of carbonyl (C=O) groups excluding carboxylic acids is 2. The van der Waals surface area contributed by atoms with E-state index in [1.165, 1.54) is 0 Å². The van der Waals surface area contributed by atoms with E-state index in [2.05, 4.69) is 47.9 Å². The molecule has 3 heterocycles. The van der Waals surface area contributed by atoms with Gasteiger partial charge in [0.05, 0.1) is 17.3 Å². The van der Waals surface area contributed by atoms with Gasteiger partial charge in [0.25, 0.3) is 5.91 Å². The van der Waals surface area contributed by atoms with Gasteiger partial charge in [0, 0.05) is 54.6 Å². The number of hydrogen-bond acceptors (Lipinski definition) is 8. The van der Waals surface area contributed by atoms with Crippen LogP contribution >= 0.6 is 15.9 Å². The lowest BCUT2D eigenvalue weighted by Gasteiger charge is -2.43. The van der Waals surface area contributed by atoms with Crippen molar-refractivity contribution in [3.63, 3.8) is 0 Å². The maximum atomic E-state index is 12.3. The zero-order chi connectivity index (χ0) is 23.6. The predicted molar refractivity (Wildman–Crippen MR) is 122 cm³/mol. The summed E-state index contributed by atoms with van der Waals surface area (Å²) < 4.78 is 11.5. The molecule has 2 amide bonds. The molecule has 2 aromatic rings. The van der Waals surface area contributed by atoms with Crippen LogP contribution in [0.4, 0.5) is 4.79 Å². The Morgan fingerprint density at radius 3 is 2.79 bits per heavy atom. The Kier molecular flexibility index (Phi) is 6.49. The molecular formula is C22H23BrN6O4. The molecule has 2 N–H and O–H groups in total. The predicted octanol–water partition coefficient (Wildman–Crippen LogP) is 2.71. The van der Waals surface area contributed by atoms with Crippen molar-refractivity contribution < 1.29 is 18.8 Å². The van der Waals surface area contributed by atoms with E-state index in [4.69, 9.17) is 14.5 Å². The van der Waals surface area contributed by atoms with Crippen molar-refractivity contribution in [2.75, 3.05) is 19.6 Å². The fraction of sp³-hybridized carbons (Fsp3) is 0.409. The van der Waals surface area contributed by atoms with Crippen molar-refractivity contribution in [2.45, 2.75) is 38.3 Å². The average molecular weight is 515 g/mol. The number of piperidine rings is 1. The minimum Gasteiger partial charge on any atom is -0.435 e. The first kappa shape index (κ1) is 22.9. The molecule has 0 radical (unpaired) electrons. The van der Waals surface area contributed by atoms with Crippen LogP contribution in [0, 0.1) is 18.3 Å². The fourth-order valence-electron chi connectivity index (χ4n) is 4.17. The molecule has 2 aliphatic rings. The van der Waals surface area contributed by atoms with Gasteiger partial charge >= 0.3 is 6.09 Å².